The van der Waals surface area contributed by atoms with Crippen molar-refractivity contribution >= 4 is 10.0 Å². The van der Waals surface area contributed by atoms with Crippen molar-refractivity contribution in [3.8, 4) is 0 Å². The number of nitrogens with zero attached hydrogens (tertiary/aromatic N) is 5. The molecule has 9 heteroatoms. The minimum absolute atomic E-state index is 0.135. The van der Waals surface area contributed by atoms with Crippen LogP contribution in [0.5, 0.6) is 0 Å². The summed E-state index contributed by atoms with van der Waals surface area (Å²) in [7, 11) is -3.62. The number of sulfonamides is 1. The first kappa shape index (κ1) is 17.1. The highest BCUT2D eigenvalue weighted by Crippen LogP contribution is 2.28. The molecule has 1 saturated carbocycles. The molecule has 1 N–H and O–H groups in total. The van der Waals surface area contributed by atoms with Crippen molar-refractivity contribution in [1.82, 2.24) is 29.3 Å². The number of aryl methyl sites for hydroxylation is 1. The van der Waals surface area contributed by atoms with Gasteiger partial charge in [0.2, 0.25) is 0 Å². The van der Waals surface area contributed by atoms with Crippen LogP contribution in [0.2, 0.25) is 0 Å². The first-order valence-electron chi connectivity index (χ1n) is 8.51. The van der Waals surface area contributed by atoms with E-state index in [0.717, 1.165) is 19.3 Å². The van der Waals surface area contributed by atoms with Crippen LogP contribution in [0.3, 0.4) is 0 Å². The van der Waals surface area contributed by atoms with E-state index in [1.165, 1.54) is 36.2 Å². The molecule has 1 aliphatic rings. The summed E-state index contributed by atoms with van der Waals surface area (Å²) in [4.78, 5) is 0. The lowest BCUT2D eigenvalue weighted by Gasteiger charge is -2.24. The Morgan fingerprint density at radius 2 is 2.08 bits per heavy atom. The van der Waals surface area contributed by atoms with Crippen molar-refractivity contribution < 1.29 is 8.42 Å². The van der Waals surface area contributed by atoms with Crippen molar-refractivity contribution in [3.63, 3.8) is 0 Å². The van der Waals surface area contributed by atoms with Gasteiger partial charge >= 0.3 is 0 Å². The highest BCUT2D eigenvalue weighted by atomic mass is 32.2. The third-order valence-corrected chi connectivity index (χ3v) is 5.85. The fourth-order valence-electron chi connectivity index (χ4n) is 3.22. The van der Waals surface area contributed by atoms with Crippen LogP contribution in [0.25, 0.3) is 0 Å². The molecule has 0 amide bonds. The van der Waals surface area contributed by atoms with Crippen LogP contribution in [-0.4, -0.2) is 33.0 Å². The fraction of sp³-hybridized carbons (Fsp3) is 0.667. The Morgan fingerprint density at radius 1 is 1.29 bits per heavy atom. The number of nitrogens with one attached hydrogen (secondary N) is 1. The molecule has 0 saturated heterocycles. The Hall–Kier alpha value is -1.74. The Kier molecular flexibility index (Phi) is 5.30. The molecule has 3 rings (SSSR count). The number of rotatable bonds is 7. The minimum Gasteiger partial charge on any atom is -0.313 e. The van der Waals surface area contributed by atoms with Gasteiger partial charge in [0.25, 0.3) is 10.0 Å². The van der Waals surface area contributed by atoms with Crippen LogP contribution >= 0.6 is 0 Å². The van der Waals surface area contributed by atoms with Crippen molar-refractivity contribution in [2.24, 2.45) is 0 Å². The molecule has 8 nitrogen and oxygen atoms in total. The van der Waals surface area contributed by atoms with Gasteiger partial charge in [-0.15, -0.1) is 10.2 Å². The van der Waals surface area contributed by atoms with Crippen molar-refractivity contribution in [1.29, 1.82) is 0 Å². The third-order valence-electron chi connectivity index (χ3n) is 4.42. The predicted molar refractivity (Wildman–Crippen MR) is 88.7 cm³/mol. The maximum atomic E-state index is 12.5. The fourth-order valence-corrected chi connectivity index (χ4v) is 4.34. The second kappa shape index (κ2) is 7.43. The Morgan fingerprint density at radius 3 is 2.83 bits per heavy atom. The average Bonchev–Trinajstić information content (AvgIpc) is 3.23. The molecule has 0 bridgehead atoms. The van der Waals surface area contributed by atoms with Crippen molar-refractivity contribution in [2.75, 3.05) is 0 Å². The number of hydrogen-bond acceptors (Lipinski definition) is 5. The van der Waals surface area contributed by atoms with Gasteiger partial charge < -0.3 is 4.57 Å². The third kappa shape index (κ3) is 3.67. The zero-order valence-corrected chi connectivity index (χ0v) is 14.7. The van der Waals surface area contributed by atoms with Gasteiger partial charge in [-0.05, 0) is 25.3 Å². The van der Waals surface area contributed by atoms with Gasteiger partial charge in [0, 0.05) is 12.6 Å². The summed E-state index contributed by atoms with van der Waals surface area (Å²) in [5, 5.41) is 12.3. The summed E-state index contributed by atoms with van der Waals surface area (Å²) in [6.45, 7) is 2.69. The predicted octanol–water partition coefficient (Wildman–Crippen LogP) is 1.87. The van der Waals surface area contributed by atoms with Crippen LogP contribution in [-0.2, 0) is 23.1 Å². The minimum atomic E-state index is -3.62. The standard InChI is InChI=1S/C15H24N6O2S/c1-2-10-21-15(8-9-17-21)24(22,23)18-11-14-19-16-12-20(14)13-6-4-3-5-7-13/h8-9,12-13,18H,2-7,10-11H2,1H3. The first-order chi connectivity index (χ1) is 11.6. The molecule has 1 aliphatic carbocycles. The topological polar surface area (TPSA) is 94.7 Å². The summed E-state index contributed by atoms with van der Waals surface area (Å²) in [5.41, 5.74) is 0. The summed E-state index contributed by atoms with van der Waals surface area (Å²) in [6, 6.07) is 1.89. The zero-order valence-electron chi connectivity index (χ0n) is 13.9. The molecular weight excluding hydrogens is 328 g/mol. The van der Waals surface area contributed by atoms with Gasteiger partial charge in [-0.2, -0.15) is 5.10 Å². The zero-order chi connectivity index (χ0) is 17.0. The highest BCUT2D eigenvalue weighted by Gasteiger charge is 2.22. The number of hydrogen-bond donors (Lipinski definition) is 1. The molecule has 0 atom stereocenters. The Bertz CT molecular complexity index is 761. The molecule has 0 unspecified atom stereocenters. The summed E-state index contributed by atoms with van der Waals surface area (Å²) < 4.78 is 31.2. The molecule has 24 heavy (non-hydrogen) atoms. The molecule has 2 heterocycles. The average molecular weight is 352 g/mol. The lowest BCUT2D eigenvalue weighted by molar-refractivity contribution is 0.344. The first-order valence-corrected chi connectivity index (χ1v) is 10.00. The van der Waals surface area contributed by atoms with Crippen molar-refractivity contribution in [2.45, 2.75) is 69.6 Å². The van der Waals surface area contributed by atoms with Crippen LogP contribution in [0.1, 0.15) is 57.3 Å². The van der Waals surface area contributed by atoms with Gasteiger partial charge in [-0.25, -0.2) is 13.1 Å². The van der Waals surface area contributed by atoms with E-state index >= 15 is 0 Å². The lowest BCUT2D eigenvalue weighted by atomic mass is 9.95. The van der Waals surface area contributed by atoms with E-state index in [1.807, 2.05) is 11.5 Å². The van der Waals surface area contributed by atoms with E-state index in [4.69, 9.17) is 0 Å². The van der Waals surface area contributed by atoms with Gasteiger partial charge in [0.1, 0.15) is 12.2 Å². The van der Waals surface area contributed by atoms with Gasteiger partial charge in [0.05, 0.1) is 12.7 Å². The summed E-state index contributed by atoms with van der Waals surface area (Å²) in [6.07, 6.45) is 9.90. The Labute approximate surface area is 142 Å². The molecule has 0 aliphatic heterocycles. The van der Waals surface area contributed by atoms with E-state index in [0.29, 0.717) is 18.4 Å². The van der Waals surface area contributed by atoms with E-state index in [2.05, 4.69) is 20.0 Å². The normalized spacial score (nSPS) is 16.5. The molecule has 2 aromatic rings. The van der Waals surface area contributed by atoms with E-state index in [-0.39, 0.29) is 11.6 Å². The van der Waals surface area contributed by atoms with E-state index in [9.17, 15) is 8.42 Å². The summed E-state index contributed by atoms with van der Waals surface area (Å²) in [5.74, 6) is 0.659. The molecule has 0 spiro atoms. The van der Waals surface area contributed by atoms with Gasteiger partial charge in [-0.1, -0.05) is 26.2 Å². The monoisotopic (exact) mass is 352 g/mol. The lowest BCUT2D eigenvalue weighted by Crippen LogP contribution is -2.28. The van der Waals surface area contributed by atoms with Crippen LogP contribution in [0.4, 0.5) is 0 Å². The molecule has 1 fully saturated rings. The van der Waals surface area contributed by atoms with E-state index in [1.54, 1.807) is 6.33 Å². The number of aromatic nitrogens is 5. The SMILES string of the molecule is CCCn1nccc1S(=O)(=O)NCc1nncn1C1CCCCC1. The second-order valence-corrected chi connectivity index (χ2v) is 7.88. The molecule has 0 radical (unpaired) electrons. The second-order valence-electron chi connectivity index (χ2n) is 6.16. The summed E-state index contributed by atoms with van der Waals surface area (Å²) >= 11 is 0. The van der Waals surface area contributed by atoms with Crippen LogP contribution in [0.15, 0.2) is 23.6 Å². The molecule has 0 aromatic carbocycles. The molecular formula is C15H24N6O2S. The van der Waals surface area contributed by atoms with Gasteiger partial charge in [0.15, 0.2) is 5.03 Å². The molecule has 2 aromatic heterocycles. The van der Waals surface area contributed by atoms with Crippen LogP contribution < -0.4 is 4.72 Å². The van der Waals surface area contributed by atoms with Crippen LogP contribution in [0, 0.1) is 0 Å². The van der Waals surface area contributed by atoms with Crippen molar-refractivity contribution in [3.05, 3.63) is 24.4 Å². The smallest absolute Gasteiger partial charge is 0.258 e. The molecule has 132 valence electrons. The Balaban J connectivity index is 1.71. The maximum Gasteiger partial charge on any atom is 0.258 e. The quantitative estimate of drug-likeness (QED) is 0.821. The largest absolute Gasteiger partial charge is 0.313 e. The maximum absolute atomic E-state index is 12.5. The van der Waals surface area contributed by atoms with Gasteiger partial charge in [-0.3, -0.25) is 4.68 Å². The van der Waals surface area contributed by atoms with E-state index < -0.39 is 10.0 Å². The highest BCUT2D eigenvalue weighted by molar-refractivity contribution is 7.89.